The van der Waals surface area contributed by atoms with E-state index < -0.39 is 0 Å². The Morgan fingerprint density at radius 1 is 0.294 bits per heavy atom. The van der Waals surface area contributed by atoms with Crippen LogP contribution in [0.15, 0.2) is 60.7 Å². The summed E-state index contributed by atoms with van der Waals surface area (Å²) in [5.74, 6) is 2.22. The summed E-state index contributed by atoms with van der Waals surface area (Å²) in [7, 11) is 0. The van der Waals surface area contributed by atoms with Crippen LogP contribution in [0.25, 0.3) is 0 Å². The first-order valence-corrected chi connectivity index (χ1v) is 31.7. The molecule has 6 aromatic rings. The van der Waals surface area contributed by atoms with Crippen LogP contribution in [0, 0.1) is 34.6 Å². The monoisotopic (exact) mass is 1160 g/mol. The molecule has 85 heavy (non-hydrogen) atoms. The van der Waals surface area contributed by atoms with Gasteiger partial charge in [-0.2, -0.15) is 0 Å². The number of rotatable bonds is 10. The molecule has 5 nitrogen and oxygen atoms in total. The molecule has 0 aliphatic rings. The van der Waals surface area contributed by atoms with E-state index in [1.807, 2.05) is 12.1 Å². The van der Waals surface area contributed by atoms with Gasteiger partial charge in [-0.25, -0.2) is 0 Å². The Labute approximate surface area is 518 Å². The van der Waals surface area contributed by atoms with Crippen molar-refractivity contribution in [1.82, 2.24) is 0 Å². The Morgan fingerprint density at radius 3 is 0.671 bits per heavy atom. The minimum absolute atomic E-state index is 0.121. The second-order valence-electron chi connectivity index (χ2n) is 33.8. The van der Waals surface area contributed by atoms with E-state index in [-0.39, 0.29) is 49.2 Å². The lowest BCUT2D eigenvalue weighted by molar-refractivity contribution is 0.422. The SMILES string of the molecule is CCCC(c1cc(C(C)(C)C)c(O)cc1C)c1cc(C(C)(C)C)c(O)cc1C.Cc1c(Cc2cc(C(C)(C)C)c(O)c(C(C)(C)C)c2)c(C)c(Cc2cc(C(C)(C)C)c(O)c(C(C)(C)C)c2)c(C)c1Cc1cc(C(C)(C)C)c(O)c(C(C)(C)C)c1. The van der Waals surface area contributed by atoms with Gasteiger partial charge in [-0.3, -0.25) is 0 Å². The zero-order valence-electron chi connectivity index (χ0n) is 59.1. The van der Waals surface area contributed by atoms with Gasteiger partial charge in [-0.05, 0) is 233 Å². The summed E-state index contributed by atoms with van der Waals surface area (Å²) in [4.78, 5) is 0. The van der Waals surface area contributed by atoms with Gasteiger partial charge >= 0.3 is 0 Å². The van der Waals surface area contributed by atoms with Crippen molar-refractivity contribution in [2.75, 3.05) is 0 Å². The fourth-order valence-electron chi connectivity index (χ4n) is 12.8. The van der Waals surface area contributed by atoms with Gasteiger partial charge in [-0.1, -0.05) is 228 Å². The first-order valence-electron chi connectivity index (χ1n) is 31.7. The van der Waals surface area contributed by atoms with E-state index in [4.69, 9.17) is 0 Å². The lowest BCUT2D eigenvalue weighted by atomic mass is 9.75. The van der Waals surface area contributed by atoms with Crippen LogP contribution in [0.4, 0.5) is 0 Å². The molecule has 0 amide bonds. The molecule has 0 bridgehead atoms. The third-order valence-electron chi connectivity index (χ3n) is 17.9. The molecule has 0 aliphatic carbocycles. The van der Waals surface area contributed by atoms with Crippen LogP contribution in [0.5, 0.6) is 28.7 Å². The van der Waals surface area contributed by atoms with Crippen molar-refractivity contribution in [3.8, 4) is 28.7 Å². The Morgan fingerprint density at radius 2 is 0.494 bits per heavy atom. The molecule has 0 aliphatic heterocycles. The predicted molar refractivity (Wildman–Crippen MR) is 365 cm³/mol. The number of aromatic hydroxyl groups is 5. The van der Waals surface area contributed by atoms with Gasteiger partial charge in [0.25, 0.3) is 0 Å². The van der Waals surface area contributed by atoms with E-state index in [2.05, 4.69) is 256 Å². The van der Waals surface area contributed by atoms with E-state index >= 15 is 0 Å². The van der Waals surface area contributed by atoms with Crippen molar-refractivity contribution < 1.29 is 25.5 Å². The predicted octanol–water partition coefficient (Wildman–Crippen LogP) is 21.5. The molecule has 6 aromatic carbocycles. The Hall–Kier alpha value is -5.68. The molecule has 0 saturated heterocycles. The second-order valence-corrected chi connectivity index (χ2v) is 33.8. The summed E-state index contributed by atoms with van der Waals surface area (Å²) in [5.41, 5.74) is 22.6. The first kappa shape index (κ1) is 70.1. The Kier molecular flexibility index (Phi) is 20.2. The maximum atomic E-state index is 11.6. The van der Waals surface area contributed by atoms with Crippen LogP contribution in [0.1, 0.15) is 309 Å². The standard InChI is InChI=1S/C54H78O3.C26H38O2/c1-31-37(22-34-25-40(49(4,5)6)46(55)41(26-34)50(7,8)9)32(2)39(24-36-29-44(53(16,17)18)48(57)45(30-36)54(19,20)21)33(3)38(31)23-35-27-42(51(10,11)12)47(56)43(28-35)52(13,14)15;1-10-11-18(19-14-21(25(4,5)6)23(27)12-16(19)2)20-15-22(26(7,8)9)24(28)13-17(20)3/h25-30,55-57H,22-24H2,1-21H3;12-15,18,27-28H,10-11H2,1-9H3. The summed E-state index contributed by atoms with van der Waals surface area (Å²) in [6.07, 6.45) is 4.34. The van der Waals surface area contributed by atoms with Gasteiger partial charge in [0.1, 0.15) is 28.7 Å². The first-order chi connectivity index (χ1) is 38.3. The molecule has 0 aromatic heterocycles. The van der Waals surface area contributed by atoms with Crippen LogP contribution in [-0.2, 0) is 62.6 Å². The van der Waals surface area contributed by atoms with Gasteiger partial charge in [0.05, 0.1) is 0 Å². The van der Waals surface area contributed by atoms with Crippen molar-refractivity contribution in [2.45, 2.75) is 289 Å². The van der Waals surface area contributed by atoms with Crippen molar-refractivity contribution in [3.05, 3.63) is 177 Å². The lowest BCUT2D eigenvalue weighted by Crippen LogP contribution is -2.19. The summed E-state index contributed by atoms with van der Waals surface area (Å²) >= 11 is 0. The number of hydrogen-bond acceptors (Lipinski definition) is 5. The molecule has 0 heterocycles. The molecule has 5 heteroatoms. The highest BCUT2D eigenvalue weighted by Gasteiger charge is 2.33. The van der Waals surface area contributed by atoms with Gasteiger partial charge < -0.3 is 25.5 Å². The fraction of sp³-hybridized carbons (Fsp3) is 0.550. The highest BCUT2D eigenvalue weighted by molar-refractivity contribution is 5.60. The van der Waals surface area contributed by atoms with Crippen LogP contribution in [-0.4, -0.2) is 25.5 Å². The number of hydrogen-bond donors (Lipinski definition) is 5. The number of phenolic OH excluding ortho intramolecular Hbond substituents is 5. The zero-order chi connectivity index (χ0) is 65.2. The smallest absolute Gasteiger partial charge is 0.123 e. The number of aryl methyl sites for hydroxylation is 2. The van der Waals surface area contributed by atoms with E-state index in [0.29, 0.717) is 28.7 Å². The average molecular weight is 1160 g/mol. The van der Waals surface area contributed by atoms with Crippen LogP contribution >= 0.6 is 0 Å². The number of phenols is 5. The summed E-state index contributed by atoms with van der Waals surface area (Å²) in [6, 6.07) is 21.6. The van der Waals surface area contributed by atoms with Gasteiger partial charge in [0, 0.05) is 5.92 Å². The number of benzene rings is 6. The van der Waals surface area contributed by atoms with Crippen LogP contribution in [0.2, 0.25) is 0 Å². The van der Waals surface area contributed by atoms with E-state index in [0.717, 1.165) is 87.7 Å². The quantitative estimate of drug-likeness (QED) is 0.0941. The molecule has 5 N–H and O–H groups in total. The summed E-state index contributed by atoms with van der Waals surface area (Å²) in [5, 5.41) is 56.0. The van der Waals surface area contributed by atoms with E-state index in [9.17, 15) is 25.5 Å². The molecular formula is C80H116O5. The molecule has 0 fully saturated rings. The summed E-state index contributed by atoms with van der Waals surface area (Å²) in [6.45, 7) is 65.4. The molecule has 0 atom stereocenters. The van der Waals surface area contributed by atoms with Gasteiger partial charge in [-0.15, -0.1) is 0 Å². The van der Waals surface area contributed by atoms with Crippen molar-refractivity contribution >= 4 is 0 Å². The van der Waals surface area contributed by atoms with Crippen LogP contribution < -0.4 is 0 Å². The lowest BCUT2D eigenvalue weighted by Gasteiger charge is -2.30. The molecule has 466 valence electrons. The molecule has 0 radical (unpaired) electrons. The van der Waals surface area contributed by atoms with E-state index in [1.54, 1.807) is 0 Å². The normalized spacial score (nSPS) is 13.2. The Balaban J connectivity index is 0.000000393. The van der Waals surface area contributed by atoms with Crippen molar-refractivity contribution in [2.24, 2.45) is 0 Å². The highest BCUT2D eigenvalue weighted by atomic mass is 16.3. The van der Waals surface area contributed by atoms with Crippen molar-refractivity contribution in [3.63, 3.8) is 0 Å². The maximum absolute atomic E-state index is 11.6. The Bertz CT molecular complexity index is 2970. The van der Waals surface area contributed by atoms with Gasteiger partial charge in [0.15, 0.2) is 0 Å². The minimum atomic E-state index is -0.226. The molecular weight excluding hydrogens is 1040 g/mol. The second kappa shape index (κ2) is 24.5. The molecule has 0 unspecified atom stereocenters. The third-order valence-corrected chi connectivity index (χ3v) is 17.9. The topological polar surface area (TPSA) is 101 Å². The highest BCUT2D eigenvalue weighted by Crippen LogP contribution is 2.47. The van der Waals surface area contributed by atoms with Crippen LogP contribution in [0.3, 0.4) is 0 Å². The fourth-order valence-corrected chi connectivity index (χ4v) is 12.8. The average Bonchev–Trinajstić information content (AvgIpc) is 1.18. The summed E-state index contributed by atoms with van der Waals surface area (Å²) < 4.78 is 0. The molecule has 0 spiro atoms. The van der Waals surface area contributed by atoms with Gasteiger partial charge in [0.2, 0.25) is 0 Å². The molecule has 0 saturated carbocycles. The zero-order valence-corrected chi connectivity index (χ0v) is 59.1. The van der Waals surface area contributed by atoms with Crippen molar-refractivity contribution in [1.29, 1.82) is 0 Å². The largest absolute Gasteiger partial charge is 0.508 e. The third kappa shape index (κ3) is 15.9. The maximum Gasteiger partial charge on any atom is 0.123 e. The van der Waals surface area contributed by atoms with E-state index in [1.165, 1.54) is 61.2 Å². The minimum Gasteiger partial charge on any atom is -0.508 e. The molecule has 6 rings (SSSR count).